The molecule has 2 aromatic rings. The Morgan fingerprint density at radius 2 is 1.90 bits per heavy atom. The predicted molar refractivity (Wildman–Crippen MR) is 73.1 cm³/mol. The average Bonchev–Trinajstić information content (AvgIpc) is 2.46. The van der Waals surface area contributed by atoms with Crippen molar-refractivity contribution in [2.24, 2.45) is 0 Å². The molecule has 0 spiro atoms. The van der Waals surface area contributed by atoms with E-state index in [1.165, 1.54) is 19.2 Å². The van der Waals surface area contributed by atoms with Crippen LogP contribution in [-0.4, -0.2) is 12.2 Å². The van der Waals surface area contributed by atoms with Gasteiger partial charge in [-0.3, -0.25) is 0 Å². The number of hydrogen-bond acceptors (Lipinski definition) is 4. The zero-order valence-corrected chi connectivity index (χ0v) is 11.2. The second kappa shape index (κ2) is 6.09. The van der Waals surface area contributed by atoms with Crippen LogP contribution in [0, 0.1) is 23.0 Å². The second-order valence-corrected chi connectivity index (χ2v) is 4.27. The third-order valence-corrected chi connectivity index (χ3v) is 2.92. The SMILES string of the molecule is COc1ccc(NCc2c(F)cc(C#N)cc2F)cc1O. The Labute approximate surface area is 120 Å². The molecule has 0 saturated heterocycles. The number of phenolic OH excluding ortho intramolecular Hbond substituents is 1. The van der Waals surface area contributed by atoms with Crippen LogP contribution in [0.25, 0.3) is 0 Å². The van der Waals surface area contributed by atoms with Gasteiger partial charge >= 0.3 is 0 Å². The van der Waals surface area contributed by atoms with Crippen molar-refractivity contribution < 1.29 is 18.6 Å². The molecular formula is C15H12F2N2O2. The number of nitrogens with one attached hydrogen (secondary N) is 1. The topological polar surface area (TPSA) is 65.3 Å². The van der Waals surface area contributed by atoms with Gasteiger partial charge in [0.15, 0.2) is 11.5 Å². The molecule has 0 radical (unpaired) electrons. The summed E-state index contributed by atoms with van der Waals surface area (Å²) >= 11 is 0. The van der Waals surface area contributed by atoms with Crippen LogP contribution in [0.15, 0.2) is 30.3 Å². The first-order chi connectivity index (χ1) is 10.0. The molecule has 0 fully saturated rings. The van der Waals surface area contributed by atoms with Gasteiger partial charge in [-0.25, -0.2) is 8.78 Å². The molecule has 0 heterocycles. The third kappa shape index (κ3) is 3.20. The number of phenols is 1. The van der Waals surface area contributed by atoms with Crippen LogP contribution < -0.4 is 10.1 Å². The van der Waals surface area contributed by atoms with E-state index in [1.807, 2.05) is 0 Å². The number of halogens is 2. The maximum atomic E-state index is 13.7. The van der Waals surface area contributed by atoms with Gasteiger partial charge in [-0.05, 0) is 24.3 Å². The van der Waals surface area contributed by atoms with E-state index in [-0.39, 0.29) is 23.4 Å². The highest BCUT2D eigenvalue weighted by Gasteiger charge is 2.11. The quantitative estimate of drug-likeness (QED) is 0.907. The van der Waals surface area contributed by atoms with Gasteiger partial charge in [-0.15, -0.1) is 0 Å². The lowest BCUT2D eigenvalue weighted by Crippen LogP contribution is -2.05. The number of ether oxygens (including phenoxy) is 1. The first-order valence-corrected chi connectivity index (χ1v) is 6.04. The molecule has 6 heteroatoms. The highest BCUT2D eigenvalue weighted by molar-refractivity contribution is 5.54. The van der Waals surface area contributed by atoms with Crippen molar-refractivity contribution in [3.05, 3.63) is 53.1 Å². The van der Waals surface area contributed by atoms with Crippen LogP contribution in [0.4, 0.5) is 14.5 Å². The van der Waals surface area contributed by atoms with Crippen molar-refractivity contribution >= 4 is 5.69 Å². The first-order valence-electron chi connectivity index (χ1n) is 6.04. The molecule has 4 nitrogen and oxygen atoms in total. The van der Waals surface area contributed by atoms with Crippen LogP contribution in [-0.2, 0) is 6.54 Å². The number of hydrogen-bond donors (Lipinski definition) is 2. The molecule has 2 rings (SSSR count). The fourth-order valence-electron chi connectivity index (χ4n) is 1.83. The lowest BCUT2D eigenvalue weighted by atomic mass is 10.1. The van der Waals surface area contributed by atoms with E-state index in [1.54, 1.807) is 12.1 Å². The number of nitrogens with zero attached hydrogens (tertiary/aromatic N) is 1. The lowest BCUT2D eigenvalue weighted by molar-refractivity contribution is 0.373. The summed E-state index contributed by atoms with van der Waals surface area (Å²) < 4.78 is 32.3. The summed E-state index contributed by atoms with van der Waals surface area (Å²) in [6.45, 7) is -0.116. The summed E-state index contributed by atoms with van der Waals surface area (Å²) in [4.78, 5) is 0. The minimum absolute atomic E-state index is 0.0733. The van der Waals surface area contributed by atoms with Crippen molar-refractivity contribution in [3.8, 4) is 17.6 Å². The van der Waals surface area contributed by atoms with Crippen LogP contribution in [0.5, 0.6) is 11.5 Å². The molecule has 0 aliphatic heterocycles. The smallest absolute Gasteiger partial charge is 0.160 e. The van der Waals surface area contributed by atoms with Gasteiger partial charge < -0.3 is 15.2 Å². The normalized spacial score (nSPS) is 10.0. The standard InChI is InChI=1S/C15H12F2N2O2/c1-21-15-3-2-10(6-14(15)20)19-8-11-12(16)4-9(7-18)5-13(11)17/h2-6,19-20H,8H2,1H3. The Hall–Kier alpha value is -2.81. The predicted octanol–water partition coefficient (Wildman–Crippen LogP) is 3.16. The highest BCUT2D eigenvalue weighted by Crippen LogP contribution is 2.29. The largest absolute Gasteiger partial charge is 0.504 e. The molecule has 0 aliphatic carbocycles. The van der Waals surface area contributed by atoms with Gasteiger partial charge in [0, 0.05) is 23.9 Å². The van der Waals surface area contributed by atoms with Crippen molar-refractivity contribution in [1.29, 1.82) is 5.26 Å². The summed E-state index contributed by atoms with van der Waals surface area (Å²) in [5, 5.41) is 21.0. The summed E-state index contributed by atoms with van der Waals surface area (Å²) in [5.74, 6) is -1.37. The molecule has 0 bridgehead atoms. The average molecular weight is 290 g/mol. The number of methoxy groups -OCH3 is 1. The summed E-state index contributed by atoms with van der Waals surface area (Å²) in [6, 6.07) is 8.17. The minimum atomic E-state index is -0.795. The first kappa shape index (κ1) is 14.6. The van der Waals surface area contributed by atoms with E-state index in [4.69, 9.17) is 10.00 Å². The second-order valence-electron chi connectivity index (χ2n) is 4.27. The van der Waals surface area contributed by atoms with Gasteiger partial charge in [0.2, 0.25) is 0 Å². The summed E-state index contributed by atoms with van der Waals surface area (Å²) in [6.07, 6.45) is 0. The Morgan fingerprint density at radius 3 is 2.43 bits per heavy atom. The maximum absolute atomic E-state index is 13.7. The molecule has 0 amide bonds. The Kier molecular flexibility index (Phi) is 4.24. The van der Waals surface area contributed by atoms with E-state index < -0.39 is 11.6 Å². The van der Waals surface area contributed by atoms with Crippen LogP contribution in [0.1, 0.15) is 11.1 Å². The molecule has 0 atom stereocenters. The molecule has 0 aromatic heterocycles. The minimum Gasteiger partial charge on any atom is -0.504 e. The van der Waals surface area contributed by atoms with Crippen molar-refractivity contribution in [3.63, 3.8) is 0 Å². The molecule has 21 heavy (non-hydrogen) atoms. The fourth-order valence-corrected chi connectivity index (χ4v) is 1.83. The number of nitriles is 1. The van der Waals surface area contributed by atoms with Gasteiger partial charge in [0.1, 0.15) is 11.6 Å². The number of rotatable bonds is 4. The van der Waals surface area contributed by atoms with E-state index >= 15 is 0 Å². The van der Waals surface area contributed by atoms with Crippen LogP contribution >= 0.6 is 0 Å². The molecular weight excluding hydrogens is 278 g/mol. The van der Waals surface area contributed by atoms with E-state index in [2.05, 4.69) is 5.32 Å². The van der Waals surface area contributed by atoms with E-state index in [0.29, 0.717) is 11.4 Å². The summed E-state index contributed by atoms with van der Waals surface area (Å²) in [5.41, 5.74) is 0.233. The van der Waals surface area contributed by atoms with Crippen molar-refractivity contribution in [2.45, 2.75) is 6.54 Å². The Bertz CT molecular complexity index is 688. The number of benzene rings is 2. The third-order valence-electron chi connectivity index (χ3n) is 2.92. The molecule has 0 saturated carbocycles. The molecule has 0 aliphatic rings. The number of aromatic hydroxyl groups is 1. The van der Waals surface area contributed by atoms with E-state index in [9.17, 15) is 13.9 Å². The van der Waals surface area contributed by atoms with Crippen LogP contribution in [0.2, 0.25) is 0 Å². The summed E-state index contributed by atoms with van der Waals surface area (Å²) in [7, 11) is 1.42. The van der Waals surface area contributed by atoms with E-state index in [0.717, 1.165) is 12.1 Å². The van der Waals surface area contributed by atoms with Crippen molar-refractivity contribution in [1.82, 2.24) is 0 Å². The van der Waals surface area contributed by atoms with Crippen molar-refractivity contribution in [2.75, 3.05) is 12.4 Å². The van der Waals surface area contributed by atoms with Gasteiger partial charge in [0.25, 0.3) is 0 Å². The zero-order valence-electron chi connectivity index (χ0n) is 11.2. The molecule has 108 valence electrons. The van der Waals surface area contributed by atoms with Gasteiger partial charge in [0.05, 0.1) is 18.7 Å². The zero-order chi connectivity index (χ0) is 15.4. The molecule has 0 unspecified atom stereocenters. The highest BCUT2D eigenvalue weighted by atomic mass is 19.1. The number of anilines is 1. The monoisotopic (exact) mass is 290 g/mol. The van der Waals surface area contributed by atoms with Gasteiger partial charge in [-0.2, -0.15) is 5.26 Å². The Morgan fingerprint density at radius 1 is 1.24 bits per heavy atom. The maximum Gasteiger partial charge on any atom is 0.160 e. The fraction of sp³-hybridized carbons (Fsp3) is 0.133. The van der Waals surface area contributed by atoms with Gasteiger partial charge in [-0.1, -0.05) is 0 Å². The molecule has 2 aromatic carbocycles. The lowest BCUT2D eigenvalue weighted by Gasteiger charge is -2.10. The molecule has 2 N–H and O–H groups in total. The van der Waals surface area contributed by atoms with Crippen LogP contribution in [0.3, 0.4) is 0 Å². The Balaban J connectivity index is 2.17.